The normalized spacial score (nSPS) is 23.0. The lowest BCUT2D eigenvalue weighted by Crippen LogP contribution is -2.24. The van der Waals surface area contributed by atoms with Crippen LogP contribution in [-0.2, 0) is 6.42 Å². The van der Waals surface area contributed by atoms with Gasteiger partial charge in [0.05, 0.1) is 6.61 Å². The zero-order chi connectivity index (χ0) is 14.4. The molecular formula is C18H19NO2. The van der Waals surface area contributed by atoms with Crippen molar-refractivity contribution < 1.29 is 9.47 Å². The summed E-state index contributed by atoms with van der Waals surface area (Å²) in [6.07, 6.45) is 1.83. The van der Waals surface area contributed by atoms with Crippen molar-refractivity contribution in [3.05, 3.63) is 58.7 Å². The number of aryl methyl sites for hydroxylation is 1. The summed E-state index contributed by atoms with van der Waals surface area (Å²) < 4.78 is 11.7. The van der Waals surface area contributed by atoms with Gasteiger partial charge in [0.2, 0.25) is 0 Å². The SMILES string of the molecule is Cc1ccc2c(c1)[C@@H](N)CC(c1ccc3c(c1)CCO3)O2. The van der Waals surface area contributed by atoms with E-state index in [9.17, 15) is 0 Å². The van der Waals surface area contributed by atoms with Gasteiger partial charge in [-0.05, 0) is 36.2 Å². The third-order valence-corrected chi connectivity index (χ3v) is 4.39. The lowest BCUT2D eigenvalue weighted by atomic mass is 9.92. The van der Waals surface area contributed by atoms with Crippen molar-refractivity contribution in [2.45, 2.75) is 31.9 Å². The molecule has 0 aliphatic carbocycles. The molecule has 0 aromatic heterocycles. The molecule has 2 N–H and O–H groups in total. The fourth-order valence-electron chi connectivity index (χ4n) is 3.23. The Hall–Kier alpha value is -2.00. The number of fused-ring (bicyclic) bond motifs is 2. The molecule has 2 aromatic rings. The van der Waals surface area contributed by atoms with Crippen molar-refractivity contribution in [2.75, 3.05) is 6.61 Å². The minimum Gasteiger partial charge on any atom is -0.493 e. The lowest BCUT2D eigenvalue weighted by Gasteiger charge is -2.31. The number of benzene rings is 2. The van der Waals surface area contributed by atoms with E-state index in [2.05, 4.69) is 37.3 Å². The summed E-state index contributed by atoms with van der Waals surface area (Å²) in [7, 11) is 0. The average molecular weight is 281 g/mol. The first-order chi connectivity index (χ1) is 10.2. The number of nitrogens with two attached hydrogens (primary N) is 1. The quantitative estimate of drug-likeness (QED) is 0.870. The molecule has 108 valence electrons. The van der Waals surface area contributed by atoms with Crippen LogP contribution < -0.4 is 15.2 Å². The molecule has 0 saturated carbocycles. The van der Waals surface area contributed by atoms with E-state index in [0.717, 1.165) is 36.5 Å². The molecule has 4 rings (SSSR count). The highest BCUT2D eigenvalue weighted by molar-refractivity contribution is 5.44. The highest BCUT2D eigenvalue weighted by Crippen LogP contribution is 2.41. The maximum absolute atomic E-state index is 6.35. The molecule has 0 amide bonds. The van der Waals surface area contributed by atoms with Gasteiger partial charge in [0.25, 0.3) is 0 Å². The fraction of sp³-hybridized carbons (Fsp3) is 0.333. The summed E-state index contributed by atoms with van der Waals surface area (Å²) in [5.74, 6) is 1.93. The van der Waals surface area contributed by atoms with Crippen molar-refractivity contribution in [1.29, 1.82) is 0 Å². The summed E-state index contributed by atoms with van der Waals surface area (Å²) in [5.41, 5.74) is 11.2. The molecule has 2 heterocycles. The monoisotopic (exact) mass is 281 g/mol. The molecule has 2 atom stereocenters. The van der Waals surface area contributed by atoms with E-state index < -0.39 is 0 Å². The average Bonchev–Trinajstić information content (AvgIpc) is 2.95. The van der Waals surface area contributed by atoms with Crippen molar-refractivity contribution in [3.63, 3.8) is 0 Å². The molecule has 2 aromatic carbocycles. The molecule has 0 bridgehead atoms. The molecule has 0 fully saturated rings. The van der Waals surface area contributed by atoms with Gasteiger partial charge in [0.15, 0.2) is 0 Å². The molecule has 21 heavy (non-hydrogen) atoms. The Kier molecular flexibility index (Phi) is 2.89. The van der Waals surface area contributed by atoms with Gasteiger partial charge in [-0.1, -0.05) is 23.8 Å². The Morgan fingerprint density at radius 2 is 1.95 bits per heavy atom. The second-order valence-corrected chi connectivity index (χ2v) is 5.96. The Bertz CT molecular complexity index is 696. The lowest BCUT2D eigenvalue weighted by molar-refractivity contribution is 0.161. The number of rotatable bonds is 1. The van der Waals surface area contributed by atoms with E-state index in [1.165, 1.54) is 16.7 Å². The Labute approximate surface area is 124 Å². The Morgan fingerprint density at radius 1 is 1.10 bits per heavy atom. The van der Waals surface area contributed by atoms with Gasteiger partial charge < -0.3 is 15.2 Å². The third kappa shape index (κ3) is 2.18. The predicted molar refractivity (Wildman–Crippen MR) is 81.7 cm³/mol. The number of hydrogen-bond donors (Lipinski definition) is 1. The summed E-state index contributed by atoms with van der Waals surface area (Å²) in [4.78, 5) is 0. The number of hydrogen-bond acceptors (Lipinski definition) is 3. The molecule has 0 radical (unpaired) electrons. The van der Waals surface area contributed by atoms with Crippen LogP contribution in [0.4, 0.5) is 0 Å². The molecule has 3 heteroatoms. The van der Waals surface area contributed by atoms with E-state index >= 15 is 0 Å². The first kappa shape index (κ1) is 12.7. The fourth-order valence-corrected chi connectivity index (χ4v) is 3.23. The van der Waals surface area contributed by atoms with Crippen LogP contribution in [0.25, 0.3) is 0 Å². The zero-order valence-corrected chi connectivity index (χ0v) is 12.1. The topological polar surface area (TPSA) is 44.5 Å². The first-order valence-electron chi connectivity index (χ1n) is 7.49. The first-order valence-corrected chi connectivity index (χ1v) is 7.49. The van der Waals surface area contributed by atoms with Crippen LogP contribution in [0.15, 0.2) is 36.4 Å². The van der Waals surface area contributed by atoms with Crippen LogP contribution in [0.3, 0.4) is 0 Å². The maximum Gasteiger partial charge on any atom is 0.126 e. The van der Waals surface area contributed by atoms with Gasteiger partial charge in [-0.2, -0.15) is 0 Å². The molecule has 2 aliphatic rings. The molecular weight excluding hydrogens is 262 g/mol. The molecule has 2 aliphatic heterocycles. The summed E-state index contributed by atoms with van der Waals surface area (Å²) in [5, 5.41) is 0. The van der Waals surface area contributed by atoms with E-state index in [-0.39, 0.29) is 12.1 Å². The molecule has 0 saturated heterocycles. The summed E-state index contributed by atoms with van der Waals surface area (Å²) in [6, 6.07) is 12.6. The van der Waals surface area contributed by atoms with Crippen molar-refractivity contribution in [3.8, 4) is 11.5 Å². The van der Waals surface area contributed by atoms with E-state index in [0.29, 0.717) is 0 Å². The molecule has 1 unspecified atom stereocenters. The minimum absolute atomic E-state index is 0.0288. The van der Waals surface area contributed by atoms with E-state index in [1.807, 2.05) is 6.07 Å². The molecule has 0 spiro atoms. The van der Waals surface area contributed by atoms with Gasteiger partial charge >= 0.3 is 0 Å². The number of ether oxygens (including phenoxy) is 2. The standard InChI is InChI=1S/C18H19NO2/c1-11-2-4-17-14(8-11)15(19)10-18(21-17)12-3-5-16-13(9-12)6-7-20-16/h2-5,8-9,15,18H,6-7,10,19H2,1H3/t15-,18?/m0/s1. The van der Waals surface area contributed by atoms with Crippen LogP contribution >= 0.6 is 0 Å². The van der Waals surface area contributed by atoms with E-state index in [4.69, 9.17) is 15.2 Å². The van der Waals surface area contributed by atoms with Gasteiger partial charge in [-0.15, -0.1) is 0 Å². The van der Waals surface area contributed by atoms with Gasteiger partial charge in [-0.3, -0.25) is 0 Å². The zero-order valence-electron chi connectivity index (χ0n) is 12.1. The van der Waals surface area contributed by atoms with Crippen molar-refractivity contribution >= 4 is 0 Å². The van der Waals surface area contributed by atoms with Gasteiger partial charge in [0, 0.05) is 24.4 Å². The second-order valence-electron chi connectivity index (χ2n) is 5.96. The second kappa shape index (κ2) is 4.78. The maximum atomic E-state index is 6.35. The Balaban J connectivity index is 1.67. The minimum atomic E-state index is 0.0288. The van der Waals surface area contributed by atoms with Gasteiger partial charge in [-0.25, -0.2) is 0 Å². The highest BCUT2D eigenvalue weighted by atomic mass is 16.5. The third-order valence-electron chi connectivity index (χ3n) is 4.39. The van der Waals surface area contributed by atoms with Crippen molar-refractivity contribution in [1.82, 2.24) is 0 Å². The summed E-state index contributed by atoms with van der Waals surface area (Å²) in [6.45, 7) is 2.87. The van der Waals surface area contributed by atoms with Gasteiger partial charge in [0.1, 0.15) is 17.6 Å². The highest BCUT2D eigenvalue weighted by Gasteiger charge is 2.28. The Morgan fingerprint density at radius 3 is 2.86 bits per heavy atom. The summed E-state index contributed by atoms with van der Waals surface area (Å²) >= 11 is 0. The smallest absolute Gasteiger partial charge is 0.126 e. The predicted octanol–water partition coefficient (Wildman–Crippen LogP) is 3.45. The van der Waals surface area contributed by atoms with E-state index in [1.54, 1.807) is 0 Å². The van der Waals surface area contributed by atoms with Crippen LogP contribution in [-0.4, -0.2) is 6.61 Å². The van der Waals surface area contributed by atoms with Crippen LogP contribution in [0.1, 0.15) is 40.8 Å². The van der Waals surface area contributed by atoms with Crippen LogP contribution in [0, 0.1) is 6.92 Å². The molecule has 3 nitrogen and oxygen atoms in total. The van der Waals surface area contributed by atoms with Crippen LogP contribution in [0.2, 0.25) is 0 Å². The largest absolute Gasteiger partial charge is 0.493 e. The van der Waals surface area contributed by atoms with Crippen LogP contribution in [0.5, 0.6) is 11.5 Å². The van der Waals surface area contributed by atoms with Crippen molar-refractivity contribution in [2.24, 2.45) is 5.73 Å².